The maximum absolute atomic E-state index is 14.4. The molecule has 0 radical (unpaired) electrons. The number of carbonyl (C=O) groups excluding carboxylic acids is 3. The molecule has 11 nitrogen and oxygen atoms in total. The Hall–Kier alpha value is -4.16. The fourth-order valence-electron chi connectivity index (χ4n) is 6.10. The Morgan fingerprint density at radius 1 is 1.00 bits per heavy atom. The molecule has 2 aliphatic carbocycles. The number of rotatable bonds is 14. The molecule has 2 aromatic rings. The number of hydrogen-bond donors (Lipinski definition) is 2. The van der Waals surface area contributed by atoms with Crippen molar-refractivity contribution >= 4 is 28.0 Å². The van der Waals surface area contributed by atoms with Crippen molar-refractivity contribution in [1.29, 1.82) is 0 Å². The Balaban J connectivity index is 1.74. The van der Waals surface area contributed by atoms with Crippen molar-refractivity contribution in [2.75, 3.05) is 26.0 Å². The number of nitrogens with one attached hydrogen (secondary N) is 1. The molecule has 2 amide bonds. The Kier molecular flexibility index (Phi) is 13.3. The van der Waals surface area contributed by atoms with Gasteiger partial charge in [-0.3, -0.25) is 14.3 Å². The molecule has 2 unspecified atom stereocenters. The third-order valence-electron chi connectivity index (χ3n) is 8.85. The van der Waals surface area contributed by atoms with Gasteiger partial charge in [0, 0.05) is 12.5 Å². The van der Waals surface area contributed by atoms with Crippen molar-refractivity contribution < 1.29 is 42.1 Å². The summed E-state index contributed by atoms with van der Waals surface area (Å²) in [4.78, 5) is 41.1. The molecule has 2 aliphatic rings. The summed E-state index contributed by atoms with van der Waals surface area (Å²) >= 11 is 0. The van der Waals surface area contributed by atoms with Crippen molar-refractivity contribution in [3.63, 3.8) is 0 Å². The lowest BCUT2D eigenvalue weighted by molar-refractivity contribution is -0.140. The molecule has 0 bridgehead atoms. The third-order valence-corrected chi connectivity index (χ3v) is 10.1. The van der Waals surface area contributed by atoms with E-state index in [9.17, 15) is 27.9 Å². The molecule has 2 aromatic carbocycles. The zero-order valence-electron chi connectivity index (χ0n) is 29.4. The summed E-state index contributed by atoms with van der Waals surface area (Å²) in [5.41, 5.74) is -0.971. The summed E-state index contributed by atoms with van der Waals surface area (Å²) in [6, 6.07) is 18.5. The largest absolute Gasteiger partial charge is 0.494 e. The Bertz CT molecular complexity index is 1610. The first kappa shape index (κ1) is 38.6. The lowest BCUT2D eigenvalue weighted by Crippen LogP contribution is -2.49. The number of nitrogens with zero attached hydrogens (tertiary/aromatic N) is 1. The van der Waals surface area contributed by atoms with E-state index >= 15 is 0 Å². The molecule has 0 saturated heterocycles. The standard InChI is InChI=1S/C38H50N2O9S/c1-37(2,3)49-36(44)40(27-32(41)29-16-10-6-11-17-29)24-23-38(35(43)39-50(45,46)25-21-34(42)47-4)22-20-30(28-14-8-5-9-15-28)26-33(38)48-31-18-12-7-13-19-31/h5-6,8-11,14-17,20,22,26,30-32,41H,7,12-13,18-19,21,23-25,27H2,1-4H3,(H,39,43)/t30?,32-,38?/m0/s1. The zero-order chi connectivity index (χ0) is 36.4. The smallest absolute Gasteiger partial charge is 0.410 e. The maximum Gasteiger partial charge on any atom is 0.410 e. The van der Waals surface area contributed by atoms with Crippen LogP contribution in [0.4, 0.5) is 4.79 Å². The van der Waals surface area contributed by atoms with Crippen LogP contribution in [0.25, 0.3) is 0 Å². The summed E-state index contributed by atoms with van der Waals surface area (Å²) in [6.45, 7) is 4.96. The number of amides is 2. The molecule has 2 N–H and O–H groups in total. The first-order valence-corrected chi connectivity index (χ1v) is 18.8. The van der Waals surface area contributed by atoms with Crippen LogP contribution in [0.15, 0.2) is 84.7 Å². The second-order valence-electron chi connectivity index (χ2n) is 13.9. The van der Waals surface area contributed by atoms with E-state index in [2.05, 4.69) is 9.46 Å². The minimum atomic E-state index is -4.29. The van der Waals surface area contributed by atoms with Crippen LogP contribution in [-0.4, -0.2) is 74.1 Å². The summed E-state index contributed by atoms with van der Waals surface area (Å²) < 4.78 is 45.6. The van der Waals surface area contributed by atoms with Gasteiger partial charge in [-0.15, -0.1) is 0 Å². The third kappa shape index (κ3) is 10.9. The lowest BCUT2D eigenvalue weighted by atomic mass is 9.74. The van der Waals surface area contributed by atoms with Crippen molar-refractivity contribution in [3.05, 3.63) is 95.8 Å². The highest BCUT2D eigenvalue weighted by Crippen LogP contribution is 2.43. The van der Waals surface area contributed by atoms with Crippen LogP contribution in [0.2, 0.25) is 0 Å². The van der Waals surface area contributed by atoms with Crippen molar-refractivity contribution in [3.8, 4) is 0 Å². The van der Waals surface area contributed by atoms with E-state index in [1.54, 1.807) is 51.1 Å². The number of allylic oxidation sites excluding steroid dienone is 2. The molecule has 1 saturated carbocycles. The number of methoxy groups -OCH3 is 1. The van der Waals surface area contributed by atoms with Crippen LogP contribution >= 0.6 is 0 Å². The number of carbonyl (C=O) groups is 3. The highest BCUT2D eigenvalue weighted by molar-refractivity contribution is 7.90. The first-order chi connectivity index (χ1) is 23.7. The van der Waals surface area contributed by atoms with Gasteiger partial charge in [-0.05, 0) is 70.1 Å². The van der Waals surface area contributed by atoms with Gasteiger partial charge in [-0.2, -0.15) is 0 Å². The molecule has 0 heterocycles. The van der Waals surface area contributed by atoms with Gasteiger partial charge in [0.15, 0.2) is 0 Å². The van der Waals surface area contributed by atoms with Crippen LogP contribution in [0.5, 0.6) is 0 Å². The van der Waals surface area contributed by atoms with E-state index in [1.165, 1.54) is 4.90 Å². The second-order valence-corrected chi connectivity index (χ2v) is 15.7. The minimum absolute atomic E-state index is 0.0946. The molecule has 1 fully saturated rings. The van der Waals surface area contributed by atoms with E-state index < -0.39 is 57.3 Å². The van der Waals surface area contributed by atoms with Crippen LogP contribution in [0.1, 0.15) is 88.9 Å². The average molecular weight is 711 g/mol. The number of esters is 1. The Labute approximate surface area is 295 Å². The van der Waals surface area contributed by atoms with Gasteiger partial charge in [-0.25, -0.2) is 13.2 Å². The number of sulfonamides is 1. The van der Waals surface area contributed by atoms with Crippen molar-refractivity contribution in [2.24, 2.45) is 5.41 Å². The van der Waals surface area contributed by atoms with Gasteiger partial charge in [0.1, 0.15) is 16.8 Å². The normalized spacial score (nSPS) is 20.3. The van der Waals surface area contributed by atoms with Gasteiger partial charge in [-0.1, -0.05) is 79.2 Å². The lowest BCUT2D eigenvalue weighted by Gasteiger charge is -2.39. The quantitative estimate of drug-likeness (QED) is 0.180. The number of ether oxygens (including phenoxy) is 3. The van der Waals surface area contributed by atoms with Crippen LogP contribution in [0.3, 0.4) is 0 Å². The molecule has 0 spiro atoms. The topological polar surface area (TPSA) is 149 Å². The van der Waals surface area contributed by atoms with Gasteiger partial charge in [0.05, 0.1) is 38.0 Å². The number of benzene rings is 2. The van der Waals surface area contributed by atoms with Gasteiger partial charge in [0.25, 0.3) is 5.91 Å². The summed E-state index contributed by atoms with van der Waals surface area (Å²) in [7, 11) is -3.14. The highest BCUT2D eigenvalue weighted by Gasteiger charge is 2.46. The van der Waals surface area contributed by atoms with Crippen LogP contribution < -0.4 is 4.72 Å². The van der Waals surface area contributed by atoms with E-state index in [0.717, 1.165) is 44.8 Å². The molecular formula is C38H50N2O9S. The van der Waals surface area contributed by atoms with Crippen LogP contribution in [0, 0.1) is 5.41 Å². The molecule has 0 aliphatic heterocycles. The van der Waals surface area contributed by atoms with Gasteiger partial charge >= 0.3 is 12.1 Å². The number of aliphatic hydroxyl groups excluding tert-OH is 1. The number of hydrogen-bond acceptors (Lipinski definition) is 9. The number of aliphatic hydroxyl groups is 1. The predicted octanol–water partition coefficient (Wildman–Crippen LogP) is 5.93. The first-order valence-electron chi connectivity index (χ1n) is 17.2. The molecule has 3 atom stereocenters. The molecule has 12 heteroatoms. The average Bonchev–Trinajstić information content (AvgIpc) is 3.09. The van der Waals surface area contributed by atoms with E-state index in [4.69, 9.17) is 9.47 Å². The summed E-state index contributed by atoms with van der Waals surface area (Å²) in [6.07, 6.45) is 7.40. The molecule has 50 heavy (non-hydrogen) atoms. The highest BCUT2D eigenvalue weighted by atomic mass is 32.2. The van der Waals surface area contributed by atoms with Gasteiger partial charge < -0.3 is 24.2 Å². The predicted molar refractivity (Wildman–Crippen MR) is 189 cm³/mol. The second kappa shape index (κ2) is 17.2. The molecule has 0 aromatic heterocycles. The maximum atomic E-state index is 14.4. The fraction of sp³-hybridized carbons (Fsp3) is 0.500. The Morgan fingerprint density at radius 2 is 1.64 bits per heavy atom. The SMILES string of the molecule is COC(=O)CCS(=O)(=O)NC(=O)C1(CCN(C[C@H](O)c2ccccc2)C(=O)OC(C)(C)C)C=CC(c2ccccc2)C=C1OC1CCCCC1. The molecular weight excluding hydrogens is 660 g/mol. The van der Waals surface area contributed by atoms with E-state index in [0.29, 0.717) is 5.56 Å². The zero-order valence-corrected chi connectivity index (χ0v) is 30.2. The van der Waals surface area contributed by atoms with E-state index in [1.807, 2.05) is 48.6 Å². The Morgan fingerprint density at radius 3 is 2.26 bits per heavy atom. The minimum Gasteiger partial charge on any atom is -0.494 e. The van der Waals surface area contributed by atoms with Crippen molar-refractivity contribution in [1.82, 2.24) is 9.62 Å². The van der Waals surface area contributed by atoms with Crippen molar-refractivity contribution in [2.45, 2.75) is 89.4 Å². The van der Waals surface area contributed by atoms with Crippen LogP contribution in [-0.2, 0) is 33.8 Å². The molecule has 272 valence electrons. The summed E-state index contributed by atoms with van der Waals surface area (Å²) in [5, 5.41) is 11.2. The summed E-state index contributed by atoms with van der Waals surface area (Å²) in [5.74, 6) is -2.25. The molecule has 4 rings (SSSR count). The van der Waals surface area contributed by atoms with E-state index in [-0.39, 0.29) is 37.3 Å². The van der Waals surface area contributed by atoms with Gasteiger partial charge in [0.2, 0.25) is 10.0 Å². The fourth-order valence-corrected chi connectivity index (χ4v) is 7.10. The monoisotopic (exact) mass is 710 g/mol.